The van der Waals surface area contributed by atoms with Gasteiger partial charge in [0.05, 0.1) is 6.04 Å². The third kappa shape index (κ3) is 3.27. The molecular weight excluding hydrogens is 405 g/mol. The number of benzene rings is 1. The normalized spacial score (nSPS) is 12.4. The molecule has 1 aromatic carbocycles. The minimum Gasteiger partial charge on any atom is -0.306 e. The highest BCUT2D eigenvalue weighted by Gasteiger charge is 2.16. The van der Waals surface area contributed by atoms with E-state index in [1.54, 1.807) is 6.33 Å². The molecule has 0 radical (unpaired) electrons. The van der Waals surface area contributed by atoms with Gasteiger partial charge < -0.3 is 5.32 Å². The fourth-order valence-electron chi connectivity index (χ4n) is 1.81. The summed E-state index contributed by atoms with van der Waals surface area (Å²) in [5, 5.41) is 3.48. The van der Waals surface area contributed by atoms with Gasteiger partial charge in [-0.3, -0.25) is 0 Å². The van der Waals surface area contributed by atoms with E-state index in [2.05, 4.69) is 78.9 Å². The maximum absolute atomic E-state index is 4.10. The van der Waals surface area contributed by atoms with Gasteiger partial charge in [0.1, 0.15) is 6.33 Å². The number of hydrogen-bond donors (Lipinski definition) is 1. The van der Waals surface area contributed by atoms with Gasteiger partial charge in [-0.05, 0) is 52.9 Å². The lowest BCUT2D eigenvalue weighted by atomic mass is 10.0. The van der Waals surface area contributed by atoms with Gasteiger partial charge in [-0.2, -0.15) is 0 Å². The van der Waals surface area contributed by atoms with Crippen LogP contribution in [0.3, 0.4) is 0 Å². The van der Waals surface area contributed by atoms with Crippen molar-refractivity contribution in [2.24, 2.45) is 0 Å². The first kappa shape index (κ1) is 13.9. The minimum absolute atomic E-state index is 0.126. The summed E-state index contributed by atoms with van der Waals surface area (Å²) in [7, 11) is 0. The summed E-state index contributed by atoms with van der Waals surface area (Å²) in [4.78, 5) is 8.20. The fraction of sp³-hybridized carbons (Fsp3) is 0.231. The number of aromatic nitrogens is 2. The van der Waals surface area contributed by atoms with Crippen molar-refractivity contribution >= 4 is 38.5 Å². The molecule has 0 spiro atoms. The molecule has 0 saturated heterocycles. The second-order valence-corrected chi connectivity index (χ2v) is 5.91. The molecule has 5 heteroatoms. The molecular formula is C13H13BrIN3. The molecule has 2 rings (SSSR count). The van der Waals surface area contributed by atoms with Crippen molar-refractivity contribution in [2.45, 2.75) is 13.0 Å². The van der Waals surface area contributed by atoms with Crippen LogP contribution >= 0.6 is 38.5 Å². The van der Waals surface area contributed by atoms with Crippen molar-refractivity contribution in [3.63, 3.8) is 0 Å². The van der Waals surface area contributed by atoms with Gasteiger partial charge in [-0.15, -0.1) is 0 Å². The quantitative estimate of drug-likeness (QED) is 0.773. The standard InChI is InChI=1S/C13H13BrIN3/c1-2-18-13(9-6-16-8-17-7-9)11-5-10(14)3-4-12(11)15/h3-8,13,18H,2H2,1H3. The second kappa shape index (κ2) is 6.58. The Balaban J connectivity index is 2.44. The first-order valence-electron chi connectivity index (χ1n) is 5.65. The van der Waals surface area contributed by atoms with E-state index in [4.69, 9.17) is 0 Å². The topological polar surface area (TPSA) is 37.8 Å². The van der Waals surface area contributed by atoms with Gasteiger partial charge in [-0.1, -0.05) is 22.9 Å². The number of rotatable bonds is 4. The Morgan fingerprint density at radius 3 is 2.72 bits per heavy atom. The Morgan fingerprint density at radius 2 is 2.06 bits per heavy atom. The van der Waals surface area contributed by atoms with Gasteiger partial charge in [-0.25, -0.2) is 9.97 Å². The molecule has 1 heterocycles. The second-order valence-electron chi connectivity index (χ2n) is 3.83. The molecule has 0 saturated carbocycles. The Labute approximate surface area is 129 Å². The fourth-order valence-corrected chi connectivity index (χ4v) is 2.83. The molecule has 0 amide bonds. The lowest BCUT2D eigenvalue weighted by Gasteiger charge is -2.19. The van der Waals surface area contributed by atoms with Crippen LogP contribution in [0.5, 0.6) is 0 Å². The summed E-state index contributed by atoms with van der Waals surface area (Å²) in [6.07, 6.45) is 5.27. The zero-order valence-corrected chi connectivity index (χ0v) is 13.6. The first-order valence-corrected chi connectivity index (χ1v) is 7.52. The van der Waals surface area contributed by atoms with E-state index in [1.807, 2.05) is 12.4 Å². The average molecular weight is 418 g/mol. The van der Waals surface area contributed by atoms with Crippen molar-refractivity contribution in [1.29, 1.82) is 0 Å². The number of halogens is 2. The summed E-state index contributed by atoms with van der Waals surface area (Å²) in [5.41, 5.74) is 2.32. The van der Waals surface area contributed by atoms with Crippen molar-refractivity contribution in [3.8, 4) is 0 Å². The largest absolute Gasteiger partial charge is 0.306 e. The van der Waals surface area contributed by atoms with Gasteiger partial charge in [0.2, 0.25) is 0 Å². The van der Waals surface area contributed by atoms with E-state index in [9.17, 15) is 0 Å². The summed E-state index contributed by atoms with van der Waals surface area (Å²) in [6, 6.07) is 6.42. The lowest BCUT2D eigenvalue weighted by molar-refractivity contribution is 0.623. The summed E-state index contributed by atoms with van der Waals surface area (Å²) in [6.45, 7) is 2.99. The van der Waals surface area contributed by atoms with Gasteiger partial charge >= 0.3 is 0 Å². The van der Waals surface area contributed by atoms with E-state index in [1.165, 1.54) is 9.13 Å². The van der Waals surface area contributed by atoms with Crippen LogP contribution in [0.4, 0.5) is 0 Å². The monoisotopic (exact) mass is 417 g/mol. The van der Waals surface area contributed by atoms with E-state index in [0.717, 1.165) is 16.6 Å². The third-order valence-electron chi connectivity index (χ3n) is 2.59. The predicted molar refractivity (Wildman–Crippen MR) is 84.4 cm³/mol. The van der Waals surface area contributed by atoms with Gasteiger partial charge in [0, 0.05) is 26.0 Å². The lowest BCUT2D eigenvalue weighted by Crippen LogP contribution is -2.23. The molecule has 1 aromatic heterocycles. The van der Waals surface area contributed by atoms with Crippen LogP contribution in [-0.4, -0.2) is 16.5 Å². The smallest absolute Gasteiger partial charge is 0.115 e. The minimum atomic E-state index is 0.126. The van der Waals surface area contributed by atoms with E-state index < -0.39 is 0 Å². The van der Waals surface area contributed by atoms with Crippen molar-refractivity contribution in [1.82, 2.24) is 15.3 Å². The summed E-state index contributed by atoms with van der Waals surface area (Å²) in [5.74, 6) is 0. The Kier molecular flexibility index (Phi) is 5.08. The van der Waals surface area contributed by atoms with Crippen LogP contribution in [0.15, 0.2) is 41.4 Å². The van der Waals surface area contributed by atoms with Crippen LogP contribution in [0, 0.1) is 3.57 Å². The molecule has 1 unspecified atom stereocenters. The molecule has 3 nitrogen and oxygen atoms in total. The van der Waals surface area contributed by atoms with Crippen LogP contribution in [0.1, 0.15) is 24.1 Å². The SMILES string of the molecule is CCNC(c1cncnc1)c1cc(Br)ccc1I. The molecule has 94 valence electrons. The van der Waals surface area contributed by atoms with Crippen molar-refractivity contribution < 1.29 is 0 Å². The molecule has 0 bridgehead atoms. The Hall–Kier alpha value is -0.530. The van der Waals surface area contributed by atoms with Gasteiger partial charge in [0.15, 0.2) is 0 Å². The Morgan fingerprint density at radius 1 is 1.33 bits per heavy atom. The molecule has 0 aliphatic heterocycles. The van der Waals surface area contributed by atoms with Gasteiger partial charge in [0.25, 0.3) is 0 Å². The van der Waals surface area contributed by atoms with Crippen molar-refractivity contribution in [3.05, 3.63) is 56.1 Å². The summed E-state index contributed by atoms with van der Waals surface area (Å²) >= 11 is 5.88. The Bertz CT molecular complexity index is 519. The van der Waals surface area contributed by atoms with E-state index >= 15 is 0 Å². The molecule has 2 aromatic rings. The zero-order valence-electron chi connectivity index (χ0n) is 9.90. The highest BCUT2D eigenvalue weighted by molar-refractivity contribution is 14.1. The highest BCUT2D eigenvalue weighted by Crippen LogP contribution is 2.28. The number of hydrogen-bond acceptors (Lipinski definition) is 3. The first-order chi connectivity index (χ1) is 8.72. The third-order valence-corrected chi connectivity index (χ3v) is 4.07. The van der Waals surface area contributed by atoms with Crippen LogP contribution in [0.25, 0.3) is 0 Å². The summed E-state index contributed by atoms with van der Waals surface area (Å²) < 4.78 is 2.31. The number of nitrogens with one attached hydrogen (secondary N) is 1. The average Bonchev–Trinajstić information content (AvgIpc) is 2.40. The molecule has 1 N–H and O–H groups in total. The highest BCUT2D eigenvalue weighted by atomic mass is 127. The molecule has 18 heavy (non-hydrogen) atoms. The van der Waals surface area contributed by atoms with E-state index in [-0.39, 0.29) is 6.04 Å². The zero-order chi connectivity index (χ0) is 13.0. The maximum Gasteiger partial charge on any atom is 0.115 e. The molecule has 1 atom stereocenters. The van der Waals surface area contributed by atoms with Crippen molar-refractivity contribution in [2.75, 3.05) is 6.54 Å². The van der Waals surface area contributed by atoms with E-state index in [0.29, 0.717) is 0 Å². The maximum atomic E-state index is 4.10. The molecule has 0 aliphatic rings. The molecule has 0 aliphatic carbocycles. The van der Waals surface area contributed by atoms with Crippen LogP contribution < -0.4 is 5.32 Å². The predicted octanol–water partition coefficient (Wildman–Crippen LogP) is 3.54. The van der Waals surface area contributed by atoms with Crippen LogP contribution in [-0.2, 0) is 0 Å². The number of nitrogens with zero attached hydrogens (tertiary/aromatic N) is 2. The molecule has 0 fully saturated rings. The van der Waals surface area contributed by atoms with Crippen LogP contribution in [0.2, 0.25) is 0 Å².